The monoisotopic (exact) mass is 310 g/mol. The van der Waals surface area contributed by atoms with Crippen molar-refractivity contribution < 1.29 is 18.1 Å². The Morgan fingerprint density at radius 1 is 1.23 bits per heavy atom. The van der Waals surface area contributed by atoms with Crippen LogP contribution in [0.1, 0.15) is 33.3 Å². The molecule has 0 atom stereocenters. The first-order valence-electron chi connectivity index (χ1n) is 7.18. The molecule has 0 bridgehead atoms. The molecule has 1 saturated heterocycles. The molecule has 1 aliphatic rings. The highest BCUT2D eigenvalue weighted by atomic mass is 19.3. The maximum Gasteiger partial charge on any atom is 0.494 e. The highest BCUT2D eigenvalue weighted by molar-refractivity contribution is 6.62. The van der Waals surface area contributed by atoms with Gasteiger partial charge in [0, 0.05) is 17.5 Å². The Balaban J connectivity index is 2.22. The van der Waals surface area contributed by atoms with Crippen LogP contribution in [0.5, 0.6) is 0 Å². The maximum absolute atomic E-state index is 12.3. The summed E-state index contributed by atoms with van der Waals surface area (Å²) in [4.78, 5) is 0. The van der Waals surface area contributed by atoms with Crippen molar-refractivity contribution in [2.45, 2.75) is 45.3 Å². The summed E-state index contributed by atoms with van der Waals surface area (Å²) in [5.74, 6) is 0. The highest BCUT2D eigenvalue weighted by Crippen LogP contribution is 2.36. The average molecular weight is 310 g/mol. The lowest BCUT2D eigenvalue weighted by molar-refractivity contribution is 0.00578. The summed E-state index contributed by atoms with van der Waals surface area (Å²) in [6.45, 7) is 7.40. The van der Waals surface area contributed by atoms with Crippen LogP contribution in [0.15, 0.2) is 18.2 Å². The first-order chi connectivity index (χ1) is 10.2. The Morgan fingerprint density at radius 2 is 1.82 bits per heavy atom. The van der Waals surface area contributed by atoms with E-state index in [0.29, 0.717) is 11.3 Å². The molecule has 0 spiro atoms. The minimum Gasteiger partial charge on any atom is -0.399 e. The van der Waals surface area contributed by atoms with Crippen molar-refractivity contribution >= 4 is 24.5 Å². The summed E-state index contributed by atoms with van der Waals surface area (Å²) >= 11 is 0. The van der Waals surface area contributed by atoms with E-state index in [0.717, 1.165) is 11.7 Å². The third-order valence-electron chi connectivity index (χ3n) is 4.20. The van der Waals surface area contributed by atoms with Gasteiger partial charge in [-0.05, 0) is 39.2 Å². The zero-order chi connectivity index (χ0) is 16.5. The fourth-order valence-corrected chi connectivity index (χ4v) is 2.17. The molecule has 0 aliphatic carbocycles. The fourth-order valence-electron chi connectivity index (χ4n) is 2.17. The number of nitrogens with one attached hydrogen (secondary N) is 2. The fraction of sp³-hybridized carbons (Fsp3) is 0.533. The second-order valence-corrected chi connectivity index (χ2v) is 6.35. The van der Waals surface area contributed by atoms with E-state index in [2.05, 4.69) is 5.32 Å². The van der Waals surface area contributed by atoms with E-state index in [4.69, 9.17) is 14.7 Å². The molecule has 0 aromatic heterocycles. The molecular formula is C15H21BF2N2O2. The van der Waals surface area contributed by atoms with Gasteiger partial charge in [0.05, 0.1) is 17.7 Å². The van der Waals surface area contributed by atoms with Crippen molar-refractivity contribution in [3.05, 3.63) is 23.8 Å². The smallest absolute Gasteiger partial charge is 0.399 e. The van der Waals surface area contributed by atoms with Crippen LogP contribution in [0.25, 0.3) is 0 Å². The number of rotatable bonds is 5. The lowest BCUT2D eigenvalue weighted by atomic mass is 9.78. The van der Waals surface area contributed by atoms with Gasteiger partial charge in [0.2, 0.25) is 0 Å². The Kier molecular flexibility index (Phi) is 4.58. The quantitative estimate of drug-likeness (QED) is 0.649. The van der Waals surface area contributed by atoms with Gasteiger partial charge in [-0.1, -0.05) is 12.1 Å². The topological polar surface area (TPSA) is 54.3 Å². The first-order valence-corrected chi connectivity index (χ1v) is 7.18. The normalized spacial score (nSPS) is 19.5. The standard InChI is InChI=1S/C15H21BF2N2O2/c1-14(2)15(3,4)22-16(21-14)11-5-6-12(10(7-11)8-19)20-9-13(17)18/h5-8,13,19-20H,9H2,1-4H3. The van der Waals surface area contributed by atoms with Crippen LogP contribution < -0.4 is 10.8 Å². The Hall–Kier alpha value is -1.47. The summed E-state index contributed by atoms with van der Waals surface area (Å²) in [6.07, 6.45) is -1.32. The van der Waals surface area contributed by atoms with Gasteiger partial charge < -0.3 is 20.0 Å². The molecule has 1 aliphatic heterocycles. The van der Waals surface area contributed by atoms with Crippen molar-refractivity contribution in [3.63, 3.8) is 0 Å². The molecule has 120 valence electrons. The van der Waals surface area contributed by atoms with Crippen LogP contribution in [0, 0.1) is 5.41 Å². The molecule has 1 aromatic rings. The molecule has 2 rings (SSSR count). The largest absolute Gasteiger partial charge is 0.494 e. The number of benzene rings is 1. The van der Waals surface area contributed by atoms with E-state index < -0.39 is 31.3 Å². The molecule has 0 unspecified atom stereocenters. The van der Waals surface area contributed by atoms with Crippen LogP contribution in [-0.4, -0.2) is 37.5 Å². The molecule has 2 N–H and O–H groups in total. The van der Waals surface area contributed by atoms with Gasteiger partial charge in [-0.3, -0.25) is 0 Å². The Labute approximate surface area is 129 Å². The Bertz CT molecular complexity index is 548. The molecule has 0 radical (unpaired) electrons. The molecule has 1 aromatic carbocycles. The van der Waals surface area contributed by atoms with Gasteiger partial charge in [0.1, 0.15) is 0 Å². The van der Waals surface area contributed by atoms with Gasteiger partial charge >= 0.3 is 7.12 Å². The van der Waals surface area contributed by atoms with E-state index in [1.54, 1.807) is 18.2 Å². The van der Waals surface area contributed by atoms with Crippen molar-refractivity contribution in [2.75, 3.05) is 11.9 Å². The highest BCUT2D eigenvalue weighted by Gasteiger charge is 2.51. The molecule has 22 heavy (non-hydrogen) atoms. The van der Waals surface area contributed by atoms with Crippen molar-refractivity contribution in [2.24, 2.45) is 0 Å². The first kappa shape index (κ1) is 16.9. The van der Waals surface area contributed by atoms with Crippen molar-refractivity contribution in [3.8, 4) is 0 Å². The third-order valence-corrected chi connectivity index (χ3v) is 4.20. The summed E-state index contributed by atoms with van der Waals surface area (Å²) < 4.78 is 36.5. The van der Waals surface area contributed by atoms with Crippen molar-refractivity contribution in [1.29, 1.82) is 5.41 Å². The predicted molar refractivity (Wildman–Crippen MR) is 84.5 cm³/mol. The average Bonchev–Trinajstić information content (AvgIpc) is 2.65. The molecule has 4 nitrogen and oxygen atoms in total. The zero-order valence-corrected chi connectivity index (χ0v) is 13.2. The SMILES string of the molecule is CC1(C)OB(c2ccc(NCC(F)F)c(C=N)c2)OC1(C)C. The molecule has 0 saturated carbocycles. The third kappa shape index (κ3) is 3.30. The number of alkyl halides is 2. The number of hydrogen-bond donors (Lipinski definition) is 2. The van der Waals surface area contributed by atoms with E-state index >= 15 is 0 Å². The molecular weight excluding hydrogens is 289 g/mol. The van der Waals surface area contributed by atoms with Crippen LogP contribution in [0.4, 0.5) is 14.5 Å². The van der Waals surface area contributed by atoms with Crippen LogP contribution in [-0.2, 0) is 9.31 Å². The molecule has 0 amide bonds. The zero-order valence-electron chi connectivity index (χ0n) is 13.2. The maximum atomic E-state index is 12.3. The van der Waals surface area contributed by atoms with Gasteiger partial charge in [-0.2, -0.15) is 0 Å². The number of halogens is 2. The number of hydrogen-bond acceptors (Lipinski definition) is 4. The van der Waals surface area contributed by atoms with Crippen molar-refractivity contribution in [1.82, 2.24) is 0 Å². The van der Waals surface area contributed by atoms with Crippen LogP contribution in [0.2, 0.25) is 0 Å². The van der Waals surface area contributed by atoms with Crippen LogP contribution >= 0.6 is 0 Å². The second kappa shape index (κ2) is 5.97. The van der Waals surface area contributed by atoms with Crippen LogP contribution in [0.3, 0.4) is 0 Å². The summed E-state index contributed by atoms with van der Waals surface area (Å²) in [5.41, 5.74) is 0.882. The number of anilines is 1. The lowest BCUT2D eigenvalue weighted by Crippen LogP contribution is -2.41. The molecule has 1 fully saturated rings. The van der Waals surface area contributed by atoms with E-state index in [1.165, 1.54) is 0 Å². The summed E-state index contributed by atoms with van der Waals surface area (Å²) in [5, 5.41) is 10.1. The van der Waals surface area contributed by atoms with Gasteiger partial charge in [-0.15, -0.1) is 0 Å². The Morgan fingerprint density at radius 3 is 2.32 bits per heavy atom. The minimum absolute atomic E-state index is 0.448. The minimum atomic E-state index is -2.44. The van der Waals surface area contributed by atoms with Gasteiger partial charge in [0.25, 0.3) is 6.43 Å². The summed E-state index contributed by atoms with van der Waals surface area (Å²) in [6, 6.07) is 5.16. The van der Waals surface area contributed by atoms with E-state index in [1.807, 2.05) is 27.7 Å². The summed E-state index contributed by atoms with van der Waals surface area (Å²) in [7, 11) is -0.534. The molecule has 7 heteroatoms. The van der Waals surface area contributed by atoms with Gasteiger partial charge in [-0.25, -0.2) is 8.78 Å². The predicted octanol–water partition coefficient (Wildman–Crippen LogP) is 2.66. The molecule has 1 heterocycles. The van der Waals surface area contributed by atoms with E-state index in [-0.39, 0.29) is 0 Å². The van der Waals surface area contributed by atoms with E-state index in [9.17, 15) is 8.78 Å². The lowest BCUT2D eigenvalue weighted by Gasteiger charge is -2.32. The second-order valence-electron chi connectivity index (χ2n) is 6.35. The van der Waals surface area contributed by atoms with Gasteiger partial charge in [0.15, 0.2) is 0 Å².